The minimum atomic E-state index is -0.150. The van der Waals surface area contributed by atoms with E-state index in [1.54, 1.807) is 6.07 Å². The molecule has 0 bridgehead atoms. The third-order valence-electron chi connectivity index (χ3n) is 3.69. The van der Waals surface area contributed by atoms with Crippen molar-refractivity contribution in [2.45, 2.75) is 33.1 Å². The van der Waals surface area contributed by atoms with Gasteiger partial charge in [-0.05, 0) is 49.2 Å². The summed E-state index contributed by atoms with van der Waals surface area (Å²) in [6.07, 6.45) is 2.25. The van der Waals surface area contributed by atoms with Gasteiger partial charge in [0.1, 0.15) is 5.75 Å². The molecule has 144 valence electrons. The zero-order valence-corrected chi connectivity index (χ0v) is 15.9. The number of amides is 2. The zero-order valence-electron chi connectivity index (χ0n) is 15.9. The molecule has 2 amide bonds. The van der Waals surface area contributed by atoms with Crippen LogP contribution >= 0.6 is 0 Å². The summed E-state index contributed by atoms with van der Waals surface area (Å²) in [5.41, 5.74) is 2.25. The van der Waals surface area contributed by atoms with Crippen LogP contribution in [0.5, 0.6) is 5.75 Å². The van der Waals surface area contributed by atoms with Crippen LogP contribution in [0.3, 0.4) is 0 Å². The van der Waals surface area contributed by atoms with Crippen molar-refractivity contribution < 1.29 is 14.3 Å². The highest BCUT2D eigenvalue weighted by molar-refractivity contribution is 5.94. The molecular weight excluding hydrogens is 342 g/mol. The molecule has 2 aromatic rings. The molecule has 0 saturated carbocycles. The maximum absolute atomic E-state index is 12.1. The van der Waals surface area contributed by atoms with E-state index in [9.17, 15) is 9.59 Å². The lowest BCUT2D eigenvalue weighted by Crippen LogP contribution is -2.21. The smallest absolute Gasteiger partial charge is 0.243 e. The molecule has 0 atom stereocenters. The lowest BCUT2D eigenvalue weighted by atomic mass is 10.2. The third kappa shape index (κ3) is 7.40. The number of anilines is 3. The van der Waals surface area contributed by atoms with Gasteiger partial charge in [0.05, 0.1) is 13.2 Å². The summed E-state index contributed by atoms with van der Waals surface area (Å²) in [6, 6.07) is 14.6. The van der Waals surface area contributed by atoms with Crippen LogP contribution in [-0.4, -0.2) is 25.0 Å². The predicted molar refractivity (Wildman–Crippen MR) is 109 cm³/mol. The maximum atomic E-state index is 12.1. The molecule has 0 heterocycles. The first-order valence-electron chi connectivity index (χ1n) is 9.27. The Morgan fingerprint density at radius 1 is 0.852 bits per heavy atom. The van der Waals surface area contributed by atoms with Crippen LogP contribution in [0, 0.1) is 0 Å². The molecule has 0 radical (unpaired) electrons. The largest absolute Gasteiger partial charge is 0.494 e. The van der Waals surface area contributed by atoms with Gasteiger partial charge in [0.25, 0.3) is 0 Å². The van der Waals surface area contributed by atoms with Crippen LogP contribution in [0.15, 0.2) is 48.5 Å². The number of benzene rings is 2. The molecule has 0 fully saturated rings. The highest BCUT2D eigenvalue weighted by atomic mass is 16.5. The number of hydrogen-bond donors (Lipinski definition) is 3. The average Bonchev–Trinajstić information content (AvgIpc) is 2.66. The molecule has 0 saturated heterocycles. The van der Waals surface area contributed by atoms with Gasteiger partial charge in [0.2, 0.25) is 11.8 Å². The van der Waals surface area contributed by atoms with Crippen molar-refractivity contribution in [2.24, 2.45) is 0 Å². The minimum Gasteiger partial charge on any atom is -0.494 e. The van der Waals surface area contributed by atoms with Crippen molar-refractivity contribution >= 4 is 28.9 Å². The lowest BCUT2D eigenvalue weighted by molar-refractivity contribution is -0.116. The van der Waals surface area contributed by atoms with Crippen LogP contribution in [0.2, 0.25) is 0 Å². The molecule has 27 heavy (non-hydrogen) atoms. The van der Waals surface area contributed by atoms with Gasteiger partial charge in [-0.2, -0.15) is 0 Å². The van der Waals surface area contributed by atoms with Crippen molar-refractivity contribution in [2.75, 3.05) is 29.1 Å². The van der Waals surface area contributed by atoms with E-state index in [2.05, 4.69) is 16.0 Å². The fourth-order valence-electron chi connectivity index (χ4n) is 2.39. The summed E-state index contributed by atoms with van der Waals surface area (Å²) < 4.78 is 5.56. The van der Waals surface area contributed by atoms with E-state index in [1.165, 1.54) is 0 Å². The third-order valence-corrected chi connectivity index (χ3v) is 3.69. The first-order chi connectivity index (χ1) is 13.1. The maximum Gasteiger partial charge on any atom is 0.243 e. The van der Waals surface area contributed by atoms with Crippen molar-refractivity contribution in [1.82, 2.24) is 0 Å². The van der Waals surface area contributed by atoms with E-state index in [-0.39, 0.29) is 18.4 Å². The SMILES string of the molecule is CCCOc1cccc(NC(=O)CNc2ccc(NC(=O)CCC)cc2)c1. The summed E-state index contributed by atoms with van der Waals surface area (Å²) >= 11 is 0. The Kier molecular flexibility index (Phi) is 8.16. The molecule has 0 aliphatic heterocycles. The number of hydrogen-bond acceptors (Lipinski definition) is 4. The highest BCUT2D eigenvalue weighted by Crippen LogP contribution is 2.18. The number of rotatable bonds is 10. The Bertz CT molecular complexity index is 745. The minimum absolute atomic E-state index is 0.00253. The van der Waals surface area contributed by atoms with Crippen LogP contribution in [0.25, 0.3) is 0 Å². The predicted octanol–water partition coefficient (Wildman–Crippen LogP) is 4.26. The topological polar surface area (TPSA) is 79.5 Å². The summed E-state index contributed by atoms with van der Waals surface area (Å²) in [7, 11) is 0. The van der Waals surface area contributed by atoms with Crippen molar-refractivity contribution in [1.29, 1.82) is 0 Å². The highest BCUT2D eigenvalue weighted by Gasteiger charge is 2.05. The van der Waals surface area contributed by atoms with Gasteiger partial charge in [0, 0.05) is 29.5 Å². The Labute approximate surface area is 160 Å². The second-order valence-electron chi connectivity index (χ2n) is 6.15. The molecule has 6 nitrogen and oxygen atoms in total. The van der Waals surface area contributed by atoms with Gasteiger partial charge in [-0.25, -0.2) is 0 Å². The van der Waals surface area contributed by atoms with Gasteiger partial charge in [-0.3, -0.25) is 9.59 Å². The van der Waals surface area contributed by atoms with Gasteiger partial charge >= 0.3 is 0 Å². The van der Waals surface area contributed by atoms with Crippen molar-refractivity contribution in [3.05, 3.63) is 48.5 Å². The van der Waals surface area contributed by atoms with Crippen LogP contribution in [-0.2, 0) is 9.59 Å². The number of nitrogens with one attached hydrogen (secondary N) is 3. The number of carbonyl (C=O) groups excluding carboxylic acids is 2. The molecule has 0 spiro atoms. The molecular formula is C21H27N3O3. The molecule has 3 N–H and O–H groups in total. The van der Waals surface area contributed by atoms with E-state index in [4.69, 9.17) is 4.74 Å². The van der Waals surface area contributed by atoms with E-state index in [0.717, 1.165) is 30.0 Å². The molecule has 2 rings (SSSR count). The quantitative estimate of drug-likeness (QED) is 0.584. The Balaban J connectivity index is 1.80. The van der Waals surface area contributed by atoms with E-state index in [1.807, 2.05) is 56.3 Å². The normalized spacial score (nSPS) is 10.1. The van der Waals surface area contributed by atoms with Crippen LogP contribution in [0.4, 0.5) is 17.1 Å². The number of ether oxygens (including phenoxy) is 1. The molecule has 0 aromatic heterocycles. The molecule has 0 unspecified atom stereocenters. The summed E-state index contributed by atoms with van der Waals surface area (Å²) in [6.45, 7) is 4.80. The number of carbonyl (C=O) groups is 2. The molecule has 0 aliphatic carbocycles. The van der Waals surface area contributed by atoms with Gasteiger partial charge < -0.3 is 20.7 Å². The lowest BCUT2D eigenvalue weighted by Gasteiger charge is -2.10. The first kappa shape index (κ1) is 20.3. The van der Waals surface area contributed by atoms with E-state index in [0.29, 0.717) is 18.7 Å². The molecule has 6 heteroatoms. The average molecular weight is 369 g/mol. The fourth-order valence-corrected chi connectivity index (χ4v) is 2.39. The van der Waals surface area contributed by atoms with Gasteiger partial charge in [-0.15, -0.1) is 0 Å². The van der Waals surface area contributed by atoms with Gasteiger partial charge in [0.15, 0.2) is 0 Å². The monoisotopic (exact) mass is 369 g/mol. The van der Waals surface area contributed by atoms with Crippen LogP contribution < -0.4 is 20.7 Å². The fraction of sp³-hybridized carbons (Fsp3) is 0.333. The standard InChI is InChI=1S/C21H27N3O3/c1-3-6-20(25)23-17-11-9-16(10-12-17)22-15-21(26)24-18-7-5-8-19(14-18)27-13-4-2/h5,7-12,14,22H,3-4,6,13,15H2,1-2H3,(H,23,25)(H,24,26). The Morgan fingerprint density at radius 2 is 1.56 bits per heavy atom. The van der Waals surface area contributed by atoms with Crippen molar-refractivity contribution in [3.63, 3.8) is 0 Å². The van der Waals surface area contributed by atoms with Crippen molar-refractivity contribution in [3.8, 4) is 5.75 Å². The van der Waals surface area contributed by atoms with E-state index < -0.39 is 0 Å². The Morgan fingerprint density at radius 3 is 2.26 bits per heavy atom. The second-order valence-corrected chi connectivity index (χ2v) is 6.15. The van der Waals surface area contributed by atoms with Crippen LogP contribution in [0.1, 0.15) is 33.1 Å². The molecule has 0 aliphatic rings. The molecule has 2 aromatic carbocycles. The van der Waals surface area contributed by atoms with E-state index >= 15 is 0 Å². The first-order valence-corrected chi connectivity index (χ1v) is 9.27. The Hall–Kier alpha value is -3.02. The second kappa shape index (κ2) is 10.9. The summed E-state index contributed by atoms with van der Waals surface area (Å²) in [5, 5.41) is 8.73. The summed E-state index contributed by atoms with van der Waals surface area (Å²) in [4.78, 5) is 23.7. The zero-order chi connectivity index (χ0) is 19.5. The summed E-state index contributed by atoms with van der Waals surface area (Å²) in [5.74, 6) is 0.592. The van der Waals surface area contributed by atoms with Gasteiger partial charge in [-0.1, -0.05) is 19.9 Å².